The fourth-order valence-electron chi connectivity index (χ4n) is 3.44. The topological polar surface area (TPSA) is 84.2 Å². The van der Waals surface area contributed by atoms with Gasteiger partial charge in [0.1, 0.15) is 17.1 Å². The third-order valence-corrected chi connectivity index (χ3v) is 5.05. The van der Waals surface area contributed by atoms with Crippen LogP contribution in [0.5, 0.6) is 28.7 Å². The molecular formula is C27H21F3O7. The number of alkyl halides is 3. The first-order valence-electron chi connectivity index (χ1n) is 11.2. The van der Waals surface area contributed by atoms with Crippen molar-refractivity contribution in [3.8, 4) is 28.7 Å². The van der Waals surface area contributed by atoms with Gasteiger partial charge in [0.25, 0.3) is 5.76 Å². The molecule has 10 heteroatoms. The van der Waals surface area contributed by atoms with Gasteiger partial charge in [-0.3, -0.25) is 4.79 Å². The first kappa shape index (κ1) is 25.6. The molecule has 7 nitrogen and oxygen atoms in total. The summed E-state index contributed by atoms with van der Waals surface area (Å²) in [7, 11) is 0. The molecule has 3 aromatic carbocycles. The summed E-state index contributed by atoms with van der Waals surface area (Å²) in [5.74, 6) is -2.89. The molecule has 0 fully saturated rings. The van der Waals surface area contributed by atoms with E-state index in [2.05, 4.69) is 0 Å². The predicted molar refractivity (Wildman–Crippen MR) is 128 cm³/mol. The van der Waals surface area contributed by atoms with E-state index in [1.165, 1.54) is 42.5 Å². The number of hydrogen-bond acceptors (Lipinski definition) is 7. The number of ether oxygens (including phenoxy) is 4. The Balaban J connectivity index is 1.70. The van der Waals surface area contributed by atoms with E-state index in [9.17, 15) is 22.8 Å². The van der Waals surface area contributed by atoms with Crippen LogP contribution >= 0.6 is 0 Å². The third-order valence-electron chi connectivity index (χ3n) is 5.05. The van der Waals surface area contributed by atoms with E-state index < -0.39 is 34.7 Å². The van der Waals surface area contributed by atoms with E-state index in [1.54, 1.807) is 25.1 Å². The van der Waals surface area contributed by atoms with Gasteiger partial charge < -0.3 is 23.4 Å². The molecule has 0 bridgehead atoms. The highest BCUT2D eigenvalue weighted by Gasteiger charge is 2.40. The van der Waals surface area contributed by atoms with E-state index in [0.29, 0.717) is 12.4 Å². The molecule has 0 unspecified atom stereocenters. The van der Waals surface area contributed by atoms with Gasteiger partial charge in [-0.05, 0) is 62.4 Å². The second-order valence-electron chi connectivity index (χ2n) is 7.57. The Morgan fingerprint density at radius 1 is 0.865 bits per heavy atom. The molecule has 0 spiro atoms. The summed E-state index contributed by atoms with van der Waals surface area (Å²) < 4.78 is 68.1. The fourth-order valence-corrected chi connectivity index (χ4v) is 3.44. The van der Waals surface area contributed by atoms with Crippen molar-refractivity contribution < 1.29 is 41.3 Å². The fraction of sp³-hybridized carbons (Fsp3) is 0.185. The molecule has 0 saturated carbocycles. The number of carbonyl (C=O) groups excluding carboxylic acids is 1. The molecule has 4 aromatic rings. The van der Waals surface area contributed by atoms with Crippen LogP contribution in [0.4, 0.5) is 13.2 Å². The van der Waals surface area contributed by atoms with E-state index >= 15 is 0 Å². The van der Waals surface area contributed by atoms with E-state index in [-0.39, 0.29) is 34.8 Å². The second kappa shape index (κ2) is 10.7. The Kier molecular flexibility index (Phi) is 7.37. The van der Waals surface area contributed by atoms with Crippen LogP contribution in [0.3, 0.4) is 0 Å². The Hall–Kier alpha value is -4.47. The monoisotopic (exact) mass is 514 g/mol. The Labute approximate surface area is 208 Å². The zero-order valence-electron chi connectivity index (χ0n) is 19.8. The van der Waals surface area contributed by atoms with Crippen LogP contribution in [0.15, 0.2) is 75.9 Å². The average Bonchev–Trinajstić information content (AvgIpc) is 2.86. The number of hydrogen-bond donors (Lipinski definition) is 0. The van der Waals surface area contributed by atoms with Crippen molar-refractivity contribution in [2.75, 3.05) is 13.2 Å². The van der Waals surface area contributed by atoms with Gasteiger partial charge >= 0.3 is 12.1 Å². The molecule has 0 atom stereocenters. The summed E-state index contributed by atoms with van der Waals surface area (Å²) in [6, 6.07) is 15.7. The number of fused-ring (bicyclic) bond motifs is 1. The molecule has 192 valence electrons. The smallest absolute Gasteiger partial charge is 0.453 e. The maximum Gasteiger partial charge on any atom is 0.453 e. The molecule has 1 heterocycles. The minimum atomic E-state index is -5.06. The highest BCUT2D eigenvalue weighted by molar-refractivity contribution is 5.91. The van der Waals surface area contributed by atoms with Crippen LogP contribution in [0.2, 0.25) is 0 Å². The third kappa shape index (κ3) is 5.69. The number of carbonyl (C=O) groups is 1. The quantitative estimate of drug-likeness (QED) is 0.193. The number of esters is 1. The number of para-hydroxylation sites is 2. The van der Waals surface area contributed by atoms with Crippen LogP contribution in [0, 0.1) is 0 Å². The Morgan fingerprint density at radius 3 is 2.16 bits per heavy atom. The number of halogens is 3. The van der Waals surface area contributed by atoms with Crippen LogP contribution in [-0.2, 0) is 6.18 Å². The van der Waals surface area contributed by atoms with E-state index in [0.717, 1.165) is 6.07 Å². The van der Waals surface area contributed by atoms with Crippen LogP contribution in [0.1, 0.15) is 30.0 Å². The largest absolute Gasteiger partial charge is 0.494 e. The maximum absolute atomic E-state index is 13.9. The lowest BCUT2D eigenvalue weighted by Crippen LogP contribution is -2.16. The SMILES string of the molecule is CCOc1ccc(C(=O)Oc2ccc3c(=O)c(Oc4ccccc4OCC)c(C(F)(F)F)oc3c2)cc1. The zero-order valence-corrected chi connectivity index (χ0v) is 19.8. The van der Waals surface area contributed by atoms with Gasteiger partial charge in [-0.15, -0.1) is 0 Å². The van der Waals surface area contributed by atoms with E-state index in [1.807, 2.05) is 6.92 Å². The lowest BCUT2D eigenvalue weighted by atomic mass is 10.2. The van der Waals surface area contributed by atoms with E-state index in [4.69, 9.17) is 23.4 Å². The normalized spacial score (nSPS) is 11.3. The first-order chi connectivity index (χ1) is 17.7. The molecule has 0 N–H and O–H groups in total. The van der Waals surface area contributed by atoms with Gasteiger partial charge in [-0.25, -0.2) is 4.79 Å². The van der Waals surface area contributed by atoms with Crippen molar-refractivity contribution in [3.05, 3.63) is 88.3 Å². The molecule has 0 aliphatic heterocycles. The summed E-state index contributed by atoms with van der Waals surface area (Å²) in [6.07, 6.45) is -5.06. The molecule has 37 heavy (non-hydrogen) atoms. The molecule has 4 rings (SSSR count). The second-order valence-corrected chi connectivity index (χ2v) is 7.57. The number of benzene rings is 3. The summed E-state index contributed by atoms with van der Waals surface area (Å²) in [5.41, 5.74) is -1.29. The van der Waals surface area contributed by atoms with Crippen LogP contribution < -0.4 is 24.4 Å². The van der Waals surface area contributed by atoms with Crippen LogP contribution in [0.25, 0.3) is 11.0 Å². The summed E-state index contributed by atoms with van der Waals surface area (Å²) in [6.45, 7) is 4.21. The van der Waals surface area contributed by atoms with Crippen molar-refractivity contribution in [3.63, 3.8) is 0 Å². The predicted octanol–water partition coefficient (Wildman–Crippen LogP) is 6.62. The molecule has 0 aliphatic rings. The van der Waals surface area contributed by atoms with Crippen molar-refractivity contribution in [2.45, 2.75) is 20.0 Å². The first-order valence-corrected chi connectivity index (χ1v) is 11.2. The summed E-state index contributed by atoms with van der Waals surface area (Å²) >= 11 is 0. The zero-order chi connectivity index (χ0) is 26.6. The molecule has 0 aliphatic carbocycles. The average molecular weight is 514 g/mol. The molecule has 0 saturated heterocycles. The minimum absolute atomic E-state index is 0.0811. The minimum Gasteiger partial charge on any atom is -0.494 e. The lowest BCUT2D eigenvalue weighted by molar-refractivity contribution is -0.154. The molecule has 1 aromatic heterocycles. The van der Waals surface area contributed by atoms with Gasteiger partial charge in [0.05, 0.1) is 24.2 Å². The van der Waals surface area contributed by atoms with Crippen molar-refractivity contribution in [2.24, 2.45) is 0 Å². The lowest BCUT2D eigenvalue weighted by Gasteiger charge is -2.15. The van der Waals surface area contributed by atoms with Crippen molar-refractivity contribution >= 4 is 16.9 Å². The highest BCUT2D eigenvalue weighted by atomic mass is 19.4. The highest BCUT2D eigenvalue weighted by Crippen LogP contribution is 2.40. The molecule has 0 amide bonds. The van der Waals surface area contributed by atoms with Gasteiger partial charge in [0.15, 0.2) is 11.5 Å². The van der Waals surface area contributed by atoms with Gasteiger partial charge in [0.2, 0.25) is 11.2 Å². The van der Waals surface area contributed by atoms with Crippen molar-refractivity contribution in [1.82, 2.24) is 0 Å². The maximum atomic E-state index is 13.9. The summed E-state index contributed by atoms with van der Waals surface area (Å²) in [5, 5.41) is -0.197. The van der Waals surface area contributed by atoms with Gasteiger partial charge in [0, 0.05) is 6.07 Å². The molecule has 0 radical (unpaired) electrons. The summed E-state index contributed by atoms with van der Waals surface area (Å²) in [4.78, 5) is 25.6. The standard InChI is InChI=1S/C27H21F3O7/c1-3-33-17-11-9-16(10-12-17)26(32)35-18-13-14-19-22(15-18)37-25(27(28,29)30)24(23(19)31)36-21-8-6-5-7-20(21)34-4-2/h5-15H,3-4H2,1-2H3. The van der Waals surface area contributed by atoms with Crippen molar-refractivity contribution in [1.29, 1.82) is 0 Å². The Bertz CT molecular complexity index is 1470. The molecular weight excluding hydrogens is 493 g/mol. The van der Waals surface area contributed by atoms with Gasteiger partial charge in [-0.2, -0.15) is 13.2 Å². The Morgan fingerprint density at radius 2 is 1.51 bits per heavy atom. The number of rotatable bonds is 8. The van der Waals surface area contributed by atoms with Crippen LogP contribution in [-0.4, -0.2) is 19.2 Å². The van der Waals surface area contributed by atoms with Gasteiger partial charge in [-0.1, -0.05) is 12.1 Å².